The predicted octanol–water partition coefficient (Wildman–Crippen LogP) is 1.39. The number of rotatable bonds is 6. The van der Waals surface area contributed by atoms with Crippen molar-refractivity contribution in [1.82, 2.24) is 4.90 Å². The highest BCUT2D eigenvalue weighted by molar-refractivity contribution is 4.81. The lowest BCUT2D eigenvalue weighted by molar-refractivity contribution is -0.0399. The summed E-state index contributed by atoms with van der Waals surface area (Å²) in [4.78, 5) is 2.40. The summed E-state index contributed by atoms with van der Waals surface area (Å²) in [6.07, 6.45) is 5.39. The van der Waals surface area contributed by atoms with Crippen LogP contribution in [0.1, 0.15) is 26.2 Å². The Morgan fingerprint density at radius 1 is 1.67 bits per heavy atom. The summed E-state index contributed by atoms with van der Waals surface area (Å²) < 4.78 is 5.71. The predicted molar refractivity (Wildman–Crippen MR) is 63.9 cm³/mol. The van der Waals surface area contributed by atoms with Gasteiger partial charge < -0.3 is 10.5 Å². The maximum absolute atomic E-state index is 6.12. The van der Waals surface area contributed by atoms with Crippen molar-refractivity contribution in [3.8, 4) is 0 Å². The lowest BCUT2D eigenvalue weighted by Crippen LogP contribution is -2.50. The first-order valence-corrected chi connectivity index (χ1v) is 5.98. The Labute approximate surface area is 93.3 Å². The summed E-state index contributed by atoms with van der Waals surface area (Å²) in [5, 5.41) is 0. The van der Waals surface area contributed by atoms with Gasteiger partial charge in [-0.05, 0) is 25.8 Å². The quantitative estimate of drug-likeness (QED) is 0.534. The Balaban J connectivity index is 2.25. The Bertz CT molecular complexity index is 184. The second-order valence-corrected chi connectivity index (χ2v) is 4.19. The van der Waals surface area contributed by atoms with Crippen molar-refractivity contribution < 1.29 is 4.74 Å². The molecule has 2 N–H and O–H groups in total. The fourth-order valence-corrected chi connectivity index (χ4v) is 1.96. The van der Waals surface area contributed by atoms with E-state index in [1.807, 2.05) is 6.08 Å². The fourth-order valence-electron chi connectivity index (χ4n) is 1.96. The number of unbranched alkanes of at least 4 members (excludes halogenated alkanes) is 1. The van der Waals surface area contributed by atoms with E-state index in [9.17, 15) is 0 Å². The number of morpholine rings is 1. The third-order valence-electron chi connectivity index (χ3n) is 3.05. The first kappa shape index (κ1) is 12.7. The van der Waals surface area contributed by atoms with Gasteiger partial charge in [0.1, 0.15) is 0 Å². The highest BCUT2D eigenvalue weighted by Crippen LogP contribution is 2.12. The van der Waals surface area contributed by atoms with Crippen molar-refractivity contribution in [1.29, 1.82) is 0 Å². The topological polar surface area (TPSA) is 38.5 Å². The molecule has 0 bridgehead atoms. The molecule has 0 aromatic heterocycles. The van der Waals surface area contributed by atoms with Gasteiger partial charge in [-0.15, -0.1) is 6.58 Å². The molecule has 3 heteroatoms. The van der Waals surface area contributed by atoms with Crippen LogP contribution in [0.4, 0.5) is 0 Å². The van der Waals surface area contributed by atoms with Crippen LogP contribution >= 0.6 is 0 Å². The van der Waals surface area contributed by atoms with E-state index in [4.69, 9.17) is 10.5 Å². The molecular weight excluding hydrogens is 188 g/mol. The second-order valence-electron chi connectivity index (χ2n) is 4.19. The standard InChI is InChI=1S/C12H24N2O/c1-3-5-6-7-11(13)12-10-14(4-2)8-9-15-12/h3,11-12H,1,4-10,13H2,2H3. The van der Waals surface area contributed by atoms with Crippen LogP contribution < -0.4 is 5.73 Å². The smallest absolute Gasteiger partial charge is 0.0853 e. The van der Waals surface area contributed by atoms with Crippen LogP contribution in [0.5, 0.6) is 0 Å². The average molecular weight is 212 g/mol. The molecular formula is C12H24N2O. The van der Waals surface area contributed by atoms with Gasteiger partial charge in [0.25, 0.3) is 0 Å². The van der Waals surface area contributed by atoms with E-state index >= 15 is 0 Å². The van der Waals surface area contributed by atoms with E-state index in [1.165, 1.54) is 0 Å². The average Bonchev–Trinajstić information content (AvgIpc) is 2.29. The monoisotopic (exact) mass is 212 g/mol. The Morgan fingerprint density at radius 2 is 2.47 bits per heavy atom. The third-order valence-corrected chi connectivity index (χ3v) is 3.05. The van der Waals surface area contributed by atoms with Gasteiger partial charge in [0, 0.05) is 19.1 Å². The molecule has 15 heavy (non-hydrogen) atoms. The van der Waals surface area contributed by atoms with Crippen LogP contribution in [0.25, 0.3) is 0 Å². The van der Waals surface area contributed by atoms with Gasteiger partial charge in [-0.2, -0.15) is 0 Å². The third kappa shape index (κ3) is 4.33. The normalized spacial score (nSPS) is 25.1. The lowest BCUT2D eigenvalue weighted by Gasteiger charge is -2.35. The van der Waals surface area contributed by atoms with Crippen molar-refractivity contribution in [3.63, 3.8) is 0 Å². The van der Waals surface area contributed by atoms with Crippen molar-refractivity contribution in [3.05, 3.63) is 12.7 Å². The minimum atomic E-state index is 0.180. The SMILES string of the molecule is C=CCCCC(N)C1CN(CC)CCO1. The summed E-state index contributed by atoms with van der Waals surface area (Å²) in [7, 11) is 0. The maximum atomic E-state index is 6.12. The van der Waals surface area contributed by atoms with Gasteiger partial charge in [0.05, 0.1) is 12.7 Å². The molecule has 1 aliphatic heterocycles. The molecule has 3 nitrogen and oxygen atoms in total. The molecule has 0 radical (unpaired) electrons. The lowest BCUT2D eigenvalue weighted by atomic mass is 10.0. The van der Waals surface area contributed by atoms with Crippen LogP contribution in [0.3, 0.4) is 0 Å². The maximum Gasteiger partial charge on any atom is 0.0853 e. The molecule has 0 saturated carbocycles. The van der Waals surface area contributed by atoms with Gasteiger partial charge in [0.15, 0.2) is 0 Å². The molecule has 1 fully saturated rings. The molecule has 1 rings (SSSR count). The number of hydrogen-bond donors (Lipinski definition) is 1. The molecule has 1 heterocycles. The largest absolute Gasteiger partial charge is 0.374 e. The number of nitrogens with two attached hydrogens (primary N) is 1. The van der Waals surface area contributed by atoms with Gasteiger partial charge in [-0.1, -0.05) is 13.0 Å². The summed E-state index contributed by atoms with van der Waals surface area (Å²) in [6.45, 7) is 9.86. The summed E-state index contributed by atoms with van der Waals surface area (Å²) in [5.74, 6) is 0. The number of likely N-dealkylation sites (N-methyl/N-ethyl adjacent to an activating group) is 1. The molecule has 2 unspecified atom stereocenters. The molecule has 0 aromatic carbocycles. The van der Waals surface area contributed by atoms with Gasteiger partial charge >= 0.3 is 0 Å². The van der Waals surface area contributed by atoms with Crippen LogP contribution in [-0.2, 0) is 4.74 Å². The molecule has 1 saturated heterocycles. The first-order chi connectivity index (χ1) is 7.27. The van der Waals surface area contributed by atoms with Crippen LogP contribution in [-0.4, -0.2) is 43.3 Å². The van der Waals surface area contributed by atoms with Crippen molar-refractivity contribution in [2.24, 2.45) is 5.73 Å². The Morgan fingerprint density at radius 3 is 3.13 bits per heavy atom. The number of hydrogen-bond acceptors (Lipinski definition) is 3. The minimum Gasteiger partial charge on any atom is -0.374 e. The van der Waals surface area contributed by atoms with E-state index in [2.05, 4.69) is 18.4 Å². The Hall–Kier alpha value is -0.380. The highest BCUT2D eigenvalue weighted by Gasteiger charge is 2.24. The zero-order chi connectivity index (χ0) is 11.1. The zero-order valence-corrected chi connectivity index (χ0v) is 9.82. The number of allylic oxidation sites excluding steroid dienone is 1. The van der Waals surface area contributed by atoms with Gasteiger partial charge in [0.2, 0.25) is 0 Å². The van der Waals surface area contributed by atoms with Crippen molar-refractivity contribution in [2.75, 3.05) is 26.2 Å². The summed E-state index contributed by atoms with van der Waals surface area (Å²) in [5.41, 5.74) is 6.12. The minimum absolute atomic E-state index is 0.180. The molecule has 88 valence electrons. The van der Waals surface area contributed by atoms with Crippen LogP contribution in [0, 0.1) is 0 Å². The first-order valence-electron chi connectivity index (χ1n) is 5.98. The number of nitrogens with zero attached hydrogens (tertiary/aromatic N) is 1. The molecule has 1 aliphatic rings. The van der Waals surface area contributed by atoms with E-state index in [0.717, 1.165) is 45.5 Å². The second kappa shape index (κ2) is 6.99. The van der Waals surface area contributed by atoms with E-state index in [0.29, 0.717) is 0 Å². The van der Waals surface area contributed by atoms with E-state index < -0.39 is 0 Å². The Kier molecular flexibility index (Phi) is 5.91. The van der Waals surface area contributed by atoms with Gasteiger partial charge in [-0.3, -0.25) is 4.90 Å². The van der Waals surface area contributed by atoms with Crippen molar-refractivity contribution >= 4 is 0 Å². The summed E-state index contributed by atoms with van der Waals surface area (Å²) in [6, 6.07) is 0.180. The van der Waals surface area contributed by atoms with Crippen LogP contribution in [0.15, 0.2) is 12.7 Å². The number of ether oxygens (including phenoxy) is 1. The summed E-state index contributed by atoms with van der Waals surface area (Å²) >= 11 is 0. The zero-order valence-electron chi connectivity index (χ0n) is 9.82. The molecule has 0 aromatic rings. The van der Waals surface area contributed by atoms with Crippen LogP contribution in [0.2, 0.25) is 0 Å². The van der Waals surface area contributed by atoms with E-state index in [1.54, 1.807) is 0 Å². The molecule has 0 aliphatic carbocycles. The van der Waals surface area contributed by atoms with Crippen molar-refractivity contribution in [2.45, 2.75) is 38.3 Å². The molecule has 0 spiro atoms. The highest BCUT2D eigenvalue weighted by atomic mass is 16.5. The molecule has 0 amide bonds. The van der Waals surface area contributed by atoms with E-state index in [-0.39, 0.29) is 12.1 Å². The molecule has 2 atom stereocenters. The van der Waals surface area contributed by atoms with Gasteiger partial charge in [-0.25, -0.2) is 0 Å². The fraction of sp³-hybridized carbons (Fsp3) is 0.833.